The quantitative estimate of drug-likeness (QED) is 0.918. The lowest BCUT2D eigenvalue weighted by molar-refractivity contribution is -0.153. The normalized spacial score (nSPS) is 29.6. The lowest BCUT2D eigenvalue weighted by atomic mass is 9.88. The second-order valence-corrected chi connectivity index (χ2v) is 6.61. The summed E-state index contributed by atoms with van der Waals surface area (Å²) in [5.41, 5.74) is 0.355. The second-order valence-electron chi connectivity index (χ2n) is 5.80. The maximum atomic E-state index is 11.8. The first-order valence-electron chi connectivity index (χ1n) is 6.97. The molecule has 1 aromatic carbocycles. The summed E-state index contributed by atoms with van der Waals surface area (Å²) in [7, 11) is 0. The second kappa shape index (κ2) is 5.21. The first kappa shape index (κ1) is 14.2. The van der Waals surface area contributed by atoms with E-state index in [-0.39, 0.29) is 0 Å². The third kappa shape index (κ3) is 2.22. The minimum atomic E-state index is -0.681. The van der Waals surface area contributed by atoms with Gasteiger partial charge in [0.05, 0.1) is 10.0 Å². The van der Waals surface area contributed by atoms with E-state index in [1.165, 1.54) is 0 Å². The van der Waals surface area contributed by atoms with Gasteiger partial charge in [0, 0.05) is 12.6 Å². The van der Waals surface area contributed by atoms with E-state index in [1.807, 2.05) is 12.1 Å². The maximum absolute atomic E-state index is 11.8. The van der Waals surface area contributed by atoms with Crippen molar-refractivity contribution in [3.05, 3.63) is 33.8 Å². The Balaban J connectivity index is 1.88. The molecular weight excluding hydrogens is 297 g/mol. The van der Waals surface area contributed by atoms with Gasteiger partial charge in [-0.05, 0) is 49.8 Å². The van der Waals surface area contributed by atoms with Crippen molar-refractivity contribution in [2.24, 2.45) is 0 Å². The number of carboxylic acids is 1. The van der Waals surface area contributed by atoms with E-state index in [1.54, 1.807) is 6.07 Å². The zero-order valence-corrected chi connectivity index (χ0v) is 12.6. The molecule has 5 heteroatoms. The average Bonchev–Trinajstić information content (AvgIpc) is 2.61. The van der Waals surface area contributed by atoms with Crippen LogP contribution in [0.25, 0.3) is 0 Å². The van der Waals surface area contributed by atoms with E-state index in [4.69, 9.17) is 23.2 Å². The Morgan fingerprint density at radius 1 is 1.30 bits per heavy atom. The van der Waals surface area contributed by atoms with Crippen LogP contribution < -0.4 is 0 Å². The fraction of sp³-hybridized carbons (Fsp3) is 0.533. The molecule has 3 nitrogen and oxygen atoms in total. The van der Waals surface area contributed by atoms with Crippen LogP contribution in [0.2, 0.25) is 10.0 Å². The molecule has 2 aliphatic rings. The third-order valence-corrected chi connectivity index (χ3v) is 5.48. The van der Waals surface area contributed by atoms with Crippen molar-refractivity contribution in [2.75, 3.05) is 0 Å². The first-order chi connectivity index (χ1) is 9.53. The molecule has 0 spiro atoms. The molecule has 20 heavy (non-hydrogen) atoms. The van der Waals surface area contributed by atoms with Gasteiger partial charge in [-0.2, -0.15) is 0 Å². The number of carboxylic acid groups (broad SMARTS) is 1. The molecule has 2 bridgehead atoms. The molecule has 0 radical (unpaired) electrons. The van der Waals surface area contributed by atoms with Crippen molar-refractivity contribution in [3.8, 4) is 0 Å². The van der Waals surface area contributed by atoms with Crippen LogP contribution in [0, 0.1) is 0 Å². The van der Waals surface area contributed by atoms with Crippen molar-refractivity contribution < 1.29 is 9.90 Å². The largest absolute Gasteiger partial charge is 0.480 e. The minimum Gasteiger partial charge on any atom is -0.480 e. The highest BCUT2D eigenvalue weighted by molar-refractivity contribution is 6.42. The SMILES string of the molecule is O=C(O)C12CCCC(CC1)N2Cc1ccc(Cl)c(Cl)c1. The van der Waals surface area contributed by atoms with Gasteiger partial charge in [0.2, 0.25) is 0 Å². The van der Waals surface area contributed by atoms with Crippen LogP contribution in [-0.2, 0) is 11.3 Å². The molecule has 3 rings (SSSR count). The topological polar surface area (TPSA) is 40.5 Å². The van der Waals surface area contributed by atoms with Gasteiger partial charge in [-0.25, -0.2) is 0 Å². The molecule has 2 atom stereocenters. The molecule has 0 aliphatic carbocycles. The number of halogens is 2. The summed E-state index contributed by atoms with van der Waals surface area (Å²) in [6.45, 7) is 0.633. The van der Waals surface area contributed by atoms with E-state index in [0.29, 0.717) is 22.6 Å². The van der Waals surface area contributed by atoms with Crippen LogP contribution in [0.1, 0.15) is 37.7 Å². The van der Waals surface area contributed by atoms with E-state index < -0.39 is 11.5 Å². The number of fused-ring (bicyclic) bond motifs is 2. The summed E-state index contributed by atoms with van der Waals surface area (Å²) in [6, 6.07) is 5.93. The van der Waals surface area contributed by atoms with Crippen LogP contribution in [0.15, 0.2) is 18.2 Å². The van der Waals surface area contributed by atoms with Crippen molar-refractivity contribution in [1.82, 2.24) is 4.90 Å². The van der Waals surface area contributed by atoms with Crippen molar-refractivity contribution in [2.45, 2.75) is 50.2 Å². The molecule has 0 saturated carbocycles. The summed E-state index contributed by atoms with van der Waals surface area (Å²) in [5.74, 6) is -0.681. The zero-order chi connectivity index (χ0) is 14.3. The number of aliphatic carboxylic acids is 1. The number of hydrogen-bond acceptors (Lipinski definition) is 2. The van der Waals surface area contributed by atoms with Gasteiger partial charge >= 0.3 is 5.97 Å². The number of carbonyl (C=O) groups is 1. The summed E-state index contributed by atoms with van der Waals surface area (Å²) in [6.07, 6.45) is 4.59. The van der Waals surface area contributed by atoms with E-state index in [9.17, 15) is 9.90 Å². The Kier molecular flexibility index (Phi) is 3.69. The van der Waals surface area contributed by atoms with Crippen molar-refractivity contribution in [3.63, 3.8) is 0 Å². The lowest BCUT2D eigenvalue weighted by Crippen LogP contribution is -2.54. The Labute approximate surface area is 128 Å². The number of hydrogen-bond donors (Lipinski definition) is 1. The van der Waals surface area contributed by atoms with E-state index in [2.05, 4.69) is 4.90 Å². The third-order valence-electron chi connectivity index (χ3n) is 4.74. The van der Waals surface area contributed by atoms with Crippen LogP contribution in [-0.4, -0.2) is 27.6 Å². The molecular formula is C15H17Cl2NO2. The molecule has 2 heterocycles. The molecule has 2 unspecified atom stereocenters. The fourth-order valence-corrected chi connectivity index (χ4v) is 4.03. The van der Waals surface area contributed by atoms with Gasteiger partial charge in [0.15, 0.2) is 0 Å². The van der Waals surface area contributed by atoms with Gasteiger partial charge in [0.1, 0.15) is 5.54 Å². The Hall–Kier alpha value is -0.770. The molecule has 2 aliphatic heterocycles. The Morgan fingerprint density at radius 3 is 2.80 bits per heavy atom. The van der Waals surface area contributed by atoms with Gasteiger partial charge in [-0.3, -0.25) is 9.69 Å². The van der Waals surface area contributed by atoms with Crippen molar-refractivity contribution >= 4 is 29.2 Å². The average molecular weight is 314 g/mol. The highest BCUT2D eigenvalue weighted by Crippen LogP contribution is 2.45. The summed E-state index contributed by atoms with van der Waals surface area (Å²) in [4.78, 5) is 13.9. The lowest BCUT2D eigenvalue weighted by Gasteiger charge is -2.42. The summed E-state index contributed by atoms with van der Waals surface area (Å²) in [5, 5.41) is 10.7. The minimum absolute atomic E-state index is 0.384. The van der Waals surface area contributed by atoms with E-state index >= 15 is 0 Å². The fourth-order valence-electron chi connectivity index (χ4n) is 3.71. The van der Waals surface area contributed by atoms with Crippen LogP contribution >= 0.6 is 23.2 Å². The zero-order valence-electron chi connectivity index (χ0n) is 11.1. The van der Waals surface area contributed by atoms with Crippen LogP contribution in [0.5, 0.6) is 0 Å². The molecule has 1 aromatic rings. The standard InChI is InChI=1S/C15H17Cl2NO2/c16-12-4-3-10(8-13(12)17)9-18-11-2-1-6-15(18,7-5-11)14(19)20/h3-4,8,11H,1-2,5-7,9H2,(H,19,20). The molecule has 0 amide bonds. The Morgan fingerprint density at radius 2 is 2.10 bits per heavy atom. The number of benzene rings is 1. The number of nitrogens with zero attached hydrogens (tertiary/aromatic N) is 1. The van der Waals surface area contributed by atoms with Crippen molar-refractivity contribution in [1.29, 1.82) is 0 Å². The number of piperidine rings is 1. The van der Waals surface area contributed by atoms with E-state index in [0.717, 1.165) is 37.7 Å². The molecule has 2 fully saturated rings. The smallest absolute Gasteiger partial charge is 0.324 e. The maximum Gasteiger partial charge on any atom is 0.324 e. The number of rotatable bonds is 3. The highest BCUT2D eigenvalue weighted by Gasteiger charge is 2.53. The van der Waals surface area contributed by atoms with Crippen LogP contribution in [0.3, 0.4) is 0 Å². The summed E-state index contributed by atoms with van der Waals surface area (Å²) >= 11 is 12.0. The highest BCUT2D eigenvalue weighted by atomic mass is 35.5. The Bertz CT molecular complexity index is 545. The monoisotopic (exact) mass is 313 g/mol. The molecule has 2 saturated heterocycles. The molecule has 108 valence electrons. The molecule has 1 N–H and O–H groups in total. The van der Waals surface area contributed by atoms with Crippen LogP contribution in [0.4, 0.5) is 0 Å². The first-order valence-corrected chi connectivity index (χ1v) is 7.72. The predicted molar refractivity (Wildman–Crippen MR) is 79.2 cm³/mol. The van der Waals surface area contributed by atoms with Gasteiger partial charge in [-0.15, -0.1) is 0 Å². The molecule has 0 aromatic heterocycles. The van der Waals surface area contributed by atoms with Gasteiger partial charge in [-0.1, -0.05) is 29.3 Å². The van der Waals surface area contributed by atoms with Gasteiger partial charge < -0.3 is 5.11 Å². The predicted octanol–water partition coefficient (Wildman–Crippen LogP) is 3.97. The summed E-state index contributed by atoms with van der Waals surface area (Å²) < 4.78 is 0. The van der Waals surface area contributed by atoms with Gasteiger partial charge in [0.25, 0.3) is 0 Å².